The molecule has 1 aliphatic heterocycles. The van der Waals surface area contributed by atoms with E-state index in [4.69, 9.17) is 9.47 Å². The van der Waals surface area contributed by atoms with E-state index in [2.05, 4.69) is 38.4 Å². The largest absolute Gasteiger partial charge is 0.493 e. The Morgan fingerprint density at radius 2 is 1.73 bits per heavy atom. The third-order valence-corrected chi connectivity index (χ3v) is 5.48. The number of nitrogens with one attached hydrogen (secondary N) is 2. The lowest BCUT2D eigenvalue weighted by Gasteiger charge is -2.30. The lowest BCUT2D eigenvalue weighted by atomic mass is 10.0. The zero-order chi connectivity index (χ0) is 18.4. The number of hydrogen-bond acceptors (Lipinski definition) is 2. The highest BCUT2D eigenvalue weighted by Gasteiger charge is 2.26. The van der Waals surface area contributed by atoms with Crippen LogP contribution in [0.3, 0.4) is 0 Å². The normalized spacial score (nSPS) is 21.2. The van der Waals surface area contributed by atoms with Crippen molar-refractivity contribution in [3.63, 3.8) is 0 Å². The molecule has 1 saturated heterocycles. The molecule has 3 rings (SSSR count). The molecule has 1 fully saturated rings. The van der Waals surface area contributed by atoms with Gasteiger partial charge in [0.25, 0.3) is 0 Å². The van der Waals surface area contributed by atoms with Crippen molar-refractivity contribution in [3.8, 4) is 11.5 Å². The van der Waals surface area contributed by atoms with E-state index in [0.29, 0.717) is 6.61 Å². The second-order valence-corrected chi connectivity index (χ2v) is 7.51. The minimum Gasteiger partial charge on any atom is -0.493 e. The Labute approximate surface area is 157 Å². The molecule has 0 spiro atoms. The van der Waals surface area contributed by atoms with E-state index in [1.54, 1.807) is 16.9 Å². The Hall–Kier alpha value is -2.04. The third kappa shape index (κ3) is 4.99. The molecule has 0 saturated carbocycles. The Balaban J connectivity index is 1.60. The van der Waals surface area contributed by atoms with Crippen LogP contribution in [0.4, 0.5) is 0 Å². The van der Waals surface area contributed by atoms with Crippen LogP contribution in [0.5, 0.6) is 11.5 Å². The molecular formula is C22H32N2O2+2. The summed E-state index contributed by atoms with van der Waals surface area (Å²) in [5.74, 6) is 1.62. The van der Waals surface area contributed by atoms with Crippen LogP contribution in [0.2, 0.25) is 0 Å². The molecule has 4 nitrogen and oxygen atoms in total. The molecule has 2 N–H and O–H groups in total. The lowest BCUT2D eigenvalue weighted by Crippen LogP contribution is -3.17. The number of rotatable bonds is 7. The number of piperidine rings is 1. The maximum absolute atomic E-state index is 5.97. The van der Waals surface area contributed by atoms with Crippen LogP contribution in [0.1, 0.15) is 24.0 Å². The zero-order valence-electron chi connectivity index (χ0n) is 16.3. The summed E-state index contributed by atoms with van der Waals surface area (Å²) >= 11 is 0. The van der Waals surface area contributed by atoms with E-state index < -0.39 is 0 Å². The van der Waals surface area contributed by atoms with Crippen LogP contribution in [0, 0.1) is 0 Å². The molecule has 0 radical (unpaired) electrons. The lowest BCUT2D eigenvalue weighted by molar-refractivity contribution is -0.948. The van der Waals surface area contributed by atoms with Gasteiger partial charge in [0.05, 0.1) is 40.3 Å². The molecule has 0 amide bonds. The number of likely N-dealkylation sites (tertiary alicyclic amines) is 1. The first-order chi connectivity index (χ1) is 12.7. The van der Waals surface area contributed by atoms with Crippen LogP contribution < -0.4 is 19.3 Å². The highest BCUT2D eigenvalue weighted by Crippen LogP contribution is 2.28. The molecule has 2 aromatic carbocycles. The predicted molar refractivity (Wildman–Crippen MR) is 104 cm³/mol. The van der Waals surface area contributed by atoms with Gasteiger partial charge < -0.3 is 19.3 Å². The first kappa shape index (κ1) is 18.7. The molecule has 2 aromatic rings. The van der Waals surface area contributed by atoms with Crippen molar-refractivity contribution in [2.75, 3.05) is 34.3 Å². The fourth-order valence-electron chi connectivity index (χ4n) is 3.75. The monoisotopic (exact) mass is 356 g/mol. The van der Waals surface area contributed by atoms with E-state index in [-0.39, 0.29) is 0 Å². The number of benzene rings is 2. The molecule has 1 heterocycles. The minimum absolute atomic E-state index is 0.555. The average Bonchev–Trinajstić information content (AvgIpc) is 2.68. The quantitative estimate of drug-likeness (QED) is 0.774. The van der Waals surface area contributed by atoms with Gasteiger partial charge in [0.15, 0.2) is 11.5 Å². The van der Waals surface area contributed by atoms with Gasteiger partial charge in [-0.15, -0.1) is 0 Å². The van der Waals surface area contributed by atoms with E-state index in [0.717, 1.165) is 29.6 Å². The fourth-order valence-corrected chi connectivity index (χ4v) is 3.75. The van der Waals surface area contributed by atoms with Crippen molar-refractivity contribution in [1.29, 1.82) is 0 Å². The summed E-state index contributed by atoms with van der Waals surface area (Å²) in [4.78, 5) is 3.26. The van der Waals surface area contributed by atoms with Crippen LogP contribution in [0.25, 0.3) is 0 Å². The van der Waals surface area contributed by atoms with Crippen LogP contribution in [-0.2, 0) is 13.2 Å². The molecule has 0 aromatic heterocycles. The molecule has 26 heavy (non-hydrogen) atoms. The van der Waals surface area contributed by atoms with Gasteiger partial charge >= 0.3 is 0 Å². The molecule has 0 aliphatic carbocycles. The number of methoxy groups -OCH3 is 1. The van der Waals surface area contributed by atoms with Gasteiger partial charge in [-0.05, 0) is 23.8 Å². The van der Waals surface area contributed by atoms with Gasteiger partial charge in [0.2, 0.25) is 0 Å². The summed E-state index contributed by atoms with van der Waals surface area (Å²) in [6.45, 7) is 4.16. The van der Waals surface area contributed by atoms with Crippen LogP contribution >= 0.6 is 0 Å². The summed E-state index contributed by atoms with van der Waals surface area (Å²) in [5, 5.41) is 0. The number of quaternary nitrogens is 2. The van der Waals surface area contributed by atoms with E-state index in [9.17, 15) is 0 Å². The molecule has 4 heteroatoms. The van der Waals surface area contributed by atoms with Crippen molar-refractivity contribution in [1.82, 2.24) is 0 Å². The highest BCUT2D eigenvalue weighted by atomic mass is 16.5. The number of ether oxygens (including phenoxy) is 2. The Bertz CT molecular complexity index is 682. The van der Waals surface area contributed by atoms with Crippen LogP contribution in [-0.4, -0.2) is 40.3 Å². The standard InChI is InChI=1S/C22H30N2O2/c1-23-13-11-20(12-14-23)24(2)16-19-9-10-21(22(15-19)25-3)26-17-18-7-5-4-6-8-18/h4-10,15,20H,11-14,16-17H2,1-3H3/p+2. The zero-order valence-corrected chi connectivity index (χ0v) is 16.3. The summed E-state index contributed by atoms with van der Waals surface area (Å²) in [7, 11) is 6.33. The van der Waals surface area contributed by atoms with Gasteiger partial charge in [-0.2, -0.15) is 0 Å². The van der Waals surface area contributed by atoms with E-state index in [1.165, 1.54) is 31.5 Å². The van der Waals surface area contributed by atoms with Crippen molar-refractivity contribution in [3.05, 3.63) is 59.7 Å². The van der Waals surface area contributed by atoms with Gasteiger partial charge in [0.1, 0.15) is 13.2 Å². The topological polar surface area (TPSA) is 27.3 Å². The molecule has 1 unspecified atom stereocenters. The molecule has 140 valence electrons. The van der Waals surface area contributed by atoms with Crippen molar-refractivity contribution < 1.29 is 19.3 Å². The summed E-state index contributed by atoms with van der Waals surface area (Å²) in [6, 6.07) is 17.3. The predicted octanol–water partition coefficient (Wildman–Crippen LogP) is 0.966. The first-order valence-electron chi connectivity index (χ1n) is 9.63. The highest BCUT2D eigenvalue weighted by molar-refractivity contribution is 5.42. The number of hydrogen-bond donors (Lipinski definition) is 2. The maximum atomic E-state index is 5.97. The van der Waals surface area contributed by atoms with Crippen molar-refractivity contribution in [2.45, 2.75) is 32.0 Å². The van der Waals surface area contributed by atoms with Crippen molar-refractivity contribution >= 4 is 0 Å². The summed E-state index contributed by atoms with van der Waals surface area (Å²) in [6.07, 6.45) is 2.63. The van der Waals surface area contributed by atoms with E-state index >= 15 is 0 Å². The summed E-state index contributed by atoms with van der Waals surface area (Å²) < 4.78 is 11.5. The molecule has 1 aliphatic rings. The van der Waals surface area contributed by atoms with Crippen molar-refractivity contribution in [2.24, 2.45) is 0 Å². The SMILES string of the molecule is COc1cc(C[NH+](C)C2CC[NH+](C)CC2)ccc1OCc1ccccc1. The minimum atomic E-state index is 0.555. The smallest absolute Gasteiger partial charge is 0.161 e. The Morgan fingerprint density at radius 3 is 2.42 bits per heavy atom. The molecule has 0 bridgehead atoms. The van der Waals surface area contributed by atoms with Crippen LogP contribution in [0.15, 0.2) is 48.5 Å². The first-order valence-corrected chi connectivity index (χ1v) is 9.63. The fraction of sp³-hybridized carbons (Fsp3) is 0.455. The summed E-state index contributed by atoms with van der Waals surface area (Å²) in [5.41, 5.74) is 2.46. The van der Waals surface area contributed by atoms with Gasteiger partial charge in [-0.3, -0.25) is 0 Å². The van der Waals surface area contributed by atoms with E-state index in [1.807, 2.05) is 24.3 Å². The third-order valence-electron chi connectivity index (χ3n) is 5.48. The average molecular weight is 357 g/mol. The van der Waals surface area contributed by atoms with Gasteiger partial charge in [0, 0.05) is 18.4 Å². The maximum Gasteiger partial charge on any atom is 0.161 e. The molecular weight excluding hydrogens is 324 g/mol. The molecule has 1 atom stereocenters. The van der Waals surface area contributed by atoms with Gasteiger partial charge in [-0.1, -0.05) is 30.3 Å². The Kier molecular flexibility index (Phi) is 6.53. The second kappa shape index (κ2) is 9.06. The van der Waals surface area contributed by atoms with Gasteiger partial charge in [-0.25, -0.2) is 0 Å². The Morgan fingerprint density at radius 1 is 1.00 bits per heavy atom. The second-order valence-electron chi connectivity index (χ2n) is 7.51.